The number of nitrogens with one attached hydrogen (secondary N) is 1. The first-order valence-corrected chi connectivity index (χ1v) is 13.4. The van der Waals surface area contributed by atoms with Crippen LogP contribution < -0.4 is 9.46 Å². The second-order valence-corrected chi connectivity index (χ2v) is 11.0. The Morgan fingerprint density at radius 2 is 2.06 bits per heavy atom. The van der Waals surface area contributed by atoms with Gasteiger partial charge in [-0.25, -0.2) is 13.4 Å². The van der Waals surface area contributed by atoms with Crippen molar-refractivity contribution in [1.29, 1.82) is 0 Å². The van der Waals surface area contributed by atoms with E-state index in [9.17, 15) is 21.6 Å². The number of aromatic nitrogens is 4. The number of nitrogens with zero attached hydrogens (tertiary/aromatic N) is 5. The Bertz CT molecular complexity index is 1320. The fourth-order valence-corrected chi connectivity index (χ4v) is 6.55. The van der Waals surface area contributed by atoms with Gasteiger partial charge < -0.3 is 4.74 Å². The van der Waals surface area contributed by atoms with Gasteiger partial charge in [-0.3, -0.25) is 19.0 Å². The normalized spacial score (nSPS) is 23.2. The minimum Gasteiger partial charge on any atom is -0.493 e. The number of rotatable bonds is 6. The monoisotopic (exact) mass is 544 g/mol. The summed E-state index contributed by atoms with van der Waals surface area (Å²) in [4.78, 5) is 6.00. The van der Waals surface area contributed by atoms with Gasteiger partial charge >= 0.3 is 6.36 Å². The van der Waals surface area contributed by atoms with Crippen LogP contribution in [0.1, 0.15) is 42.6 Å². The molecule has 0 radical (unpaired) electrons. The van der Waals surface area contributed by atoms with E-state index in [1.807, 2.05) is 0 Å². The van der Waals surface area contributed by atoms with Crippen molar-refractivity contribution in [2.24, 2.45) is 7.05 Å². The number of likely N-dealkylation sites (tertiary alicyclic amines) is 1. The predicted octanol–water partition coefficient (Wildman–Crippen LogP) is 3.64. The van der Waals surface area contributed by atoms with Gasteiger partial charge in [-0.2, -0.15) is 9.47 Å². The molecule has 0 unspecified atom stereocenters. The van der Waals surface area contributed by atoms with Crippen LogP contribution in [0.15, 0.2) is 41.7 Å². The lowest BCUT2D eigenvalue weighted by molar-refractivity contribution is -0.347. The molecule has 10 nitrogen and oxygen atoms in total. The number of alkyl halides is 3. The van der Waals surface area contributed by atoms with Crippen molar-refractivity contribution in [2.75, 3.05) is 17.9 Å². The quantitative estimate of drug-likeness (QED) is 0.501. The van der Waals surface area contributed by atoms with E-state index in [2.05, 4.69) is 28.8 Å². The third kappa shape index (κ3) is 5.19. The van der Waals surface area contributed by atoms with Crippen LogP contribution in [0, 0.1) is 0 Å². The van der Waals surface area contributed by atoms with Gasteiger partial charge in [-0.15, -0.1) is 13.2 Å². The van der Waals surface area contributed by atoms with Gasteiger partial charge in [-0.1, -0.05) is 6.07 Å². The van der Waals surface area contributed by atoms with E-state index in [-0.39, 0.29) is 35.0 Å². The van der Waals surface area contributed by atoms with E-state index < -0.39 is 22.5 Å². The van der Waals surface area contributed by atoms with Crippen molar-refractivity contribution in [3.8, 4) is 5.75 Å². The van der Waals surface area contributed by atoms with E-state index in [0.29, 0.717) is 25.3 Å². The summed E-state index contributed by atoms with van der Waals surface area (Å²) in [7, 11) is -2.15. The molecule has 0 spiro atoms. The van der Waals surface area contributed by atoms with Gasteiger partial charge in [0, 0.05) is 55.4 Å². The van der Waals surface area contributed by atoms with Crippen LogP contribution in [0.3, 0.4) is 0 Å². The molecule has 3 aromatic rings. The maximum absolute atomic E-state index is 13.0. The molecule has 1 aromatic carbocycles. The highest BCUT2D eigenvalue weighted by Gasteiger charge is 2.42. The molecule has 15 heteroatoms. The largest absolute Gasteiger partial charge is 0.522 e. The maximum atomic E-state index is 13.0. The average Bonchev–Trinajstić information content (AvgIpc) is 3.48. The molecule has 2 aromatic heterocycles. The number of ether oxygens (including phenoxy) is 2. The van der Waals surface area contributed by atoms with E-state index in [0.717, 1.165) is 22.8 Å². The van der Waals surface area contributed by atoms with E-state index in [1.54, 1.807) is 30.1 Å². The molecule has 2 aliphatic heterocycles. The molecule has 1 fully saturated rings. The molecule has 36 heavy (non-hydrogen) atoms. The van der Waals surface area contributed by atoms with Crippen molar-refractivity contribution in [1.82, 2.24) is 24.0 Å². The summed E-state index contributed by atoms with van der Waals surface area (Å²) in [6, 6.07) is 5.88. The molecule has 4 heterocycles. The summed E-state index contributed by atoms with van der Waals surface area (Å²) in [6.07, 6.45) is -1.87. The summed E-state index contributed by atoms with van der Waals surface area (Å²) >= 11 is 0.919. The van der Waals surface area contributed by atoms with Gasteiger partial charge in [0.15, 0.2) is 0 Å². The molecule has 0 bridgehead atoms. The Labute approximate surface area is 209 Å². The Hall–Kier alpha value is -2.75. The Morgan fingerprint density at radius 1 is 1.22 bits per heavy atom. The van der Waals surface area contributed by atoms with Crippen LogP contribution in [0.5, 0.6) is 5.75 Å². The lowest BCUT2D eigenvalue weighted by Gasteiger charge is -2.45. The van der Waals surface area contributed by atoms with Gasteiger partial charge in [0.2, 0.25) is 5.13 Å². The van der Waals surface area contributed by atoms with Gasteiger partial charge in [-0.05, 0) is 25.0 Å². The second-order valence-electron chi connectivity index (χ2n) is 8.55. The van der Waals surface area contributed by atoms with Crippen molar-refractivity contribution in [3.63, 3.8) is 0 Å². The standard InChI is InChI=1S/C21H23F3N6O4S2/c1-29-17(4-7-26-29)18-10-13(34-21(22,23)24)5-8-30(18)16-6-9-33-19-11-14(2-3-15(16)19)36(31,32)28-20-25-12-27-35-20/h2-4,7,11-13,16,18H,5-6,8-10H2,1H3,(H,25,27,28)/t13-,16+,18+/m1/s1. The van der Waals surface area contributed by atoms with E-state index >= 15 is 0 Å². The van der Waals surface area contributed by atoms with Crippen LogP contribution in [0.4, 0.5) is 18.3 Å². The van der Waals surface area contributed by atoms with Crippen molar-refractivity contribution < 1.29 is 31.1 Å². The van der Waals surface area contributed by atoms with E-state index in [1.165, 1.54) is 18.5 Å². The highest BCUT2D eigenvalue weighted by Crippen LogP contribution is 2.45. The van der Waals surface area contributed by atoms with Crippen LogP contribution in [0.2, 0.25) is 0 Å². The first-order valence-electron chi connectivity index (χ1n) is 11.1. The zero-order chi connectivity index (χ0) is 25.5. The Morgan fingerprint density at radius 3 is 2.75 bits per heavy atom. The van der Waals surface area contributed by atoms with Crippen LogP contribution in [-0.4, -0.2) is 58.1 Å². The molecule has 0 saturated carbocycles. The number of hydrogen-bond acceptors (Lipinski definition) is 9. The Balaban J connectivity index is 1.44. The number of fused-ring (bicyclic) bond motifs is 1. The van der Waals surface area contributed by atoms with Crippen LogP contribution in [0.25, 0.3) is 0 Å². The number of aryl methyl sites for hydroxylation is 1. The molecular weight excluding hydrogens is 521 g/mol. The van der Waals surface area contributed by atoms with Crippen molar-refractivity contribution in [2.45, 2.75) is 48.7 Å². The van der Waals surface area contributed by atoms with E-state index in [4.69, 9.17) is 4.74 Å². The SMILES string of the molecule is Cn1nccc1[C@@H]1C[C@H](OC(F)(F)F)CCN1[C@H]1CCOc2cc(S(=O)(=O)Nc3ncns3)ccc21. The van der Waals surface area contributed by atoms with Crippen LogP contribution in [-0.2, 0) is 21.8 Å². The zero-order valence-electron chi connectivity index (χ0n) is 19.1. The summed E-state index contributed by atoms with van der Waals surface area (Å²) in [5, 5.41) is 4.35. The topological polar surface area (TPSA) is 111 Å². The van der Waals surface area contributed by atoms with Gasteiger partial charge in [0.1, 0.15) is 12.1 Å². The molecule has 194 valence electrons. The fraction of sp³-hybridized carbons (Fsp3) is 0.476. The number of anilines is 1. The molecule has 5 rings (SSSR count). The molecule has 1 saturated heterocycles. The molecule has 2 aliphatic rings. The highest BCUT2D eigenvalue weighted by molar-refractivity contribution is 7.93. The highest BCUT2D eigenvalue weighted by atomic mass is 32.2. The first kappa shape index (κ1) is 24.9. The van der Waals surface area contributed by atoms with Gasteiger partial charge in [0.25, 0.3) is 10.0 Å². The number of benzene rings is 1. The number of halogens is 3. The smallest absolute Gasteiger partial charge is 0.493 e. The van der Waals surface area contributed by atoms with Crippen molar-refractivity contribution >= 4 is 26.7 Å². The number of sulfonamides is 1. The van der Waals surface area contributed by atoms with Gasteiger partial charge in [0.05, 0.1) is 29.3 Å². The zero-order valence-corrected chi connectivity index (χ0v) is 20.7. The second kappa shape index (κ2) is 9.61. The molecular formula is C21H23F3N6O4S2. The lowest BCUT2D eigenvalue weighted by atomic mass is 9.90. The molecule has 1 N–H and O–H groups in total. The number of hydrogen-bond donors (Lipinski definition) is 1. The van der Waals surface area contributed by atoms with Crippen LogP contribution >= 0.6 is 11.5 Å². The summed E-state index contributed by atoms with van der Waals surface area (Å²) in [5.41, 5.74) is 1.55. The Kier molecular flexibility index (Phi) is 6.65. The fourth-order valence-electron chi connectivity index (χ4n) is 4.88. The van der Waals surface area contributed by atoms with Crippen molar-refractivity contribution in [3.05, 3.63) is 48.0 Å². The minimum absolute atomic E-state index is 0.0116. The molecule has 0 aliphatic carbocycles. The minimum atomic E-state index is -4.71. The lowest BCUT2D eigenvalue weighted by Crippen LogP contribution is -2.44. The summed E-state index contributed by atoms with van der Waals surface area (Å²) in [5.74, 6) is 0.420. The number of piperidine rings is 1. The summed E-state index contributed by atoms with van der Waals surface area (Å²) < 4.78 is 82.5. The molecule has 0 amide bonds. The predicted molar refractivity (Wildman–Crippen MR) is 123 cm³/mol. The maximum Gasteiger partial charge on any atom is 0.522 e. The third-order valence-electron chi connectivity index (χ3n) is 6.38. The summed E-state index contributed by atoms with van der Waals surface area (Å²) in [6.45, 7) is 0.696. The first-order chi connectivity index (χ1) is 17.1. The molecule has 3 atom stereocenters. The third-order valence-corrected chi connectivity index (χ3v) is 8.43. The average molecular weight is 545 g/mol.